The van der Waals surface area contributed by atoms with Crippen LogP contribution < -0.4 is 19.6 Å². The zero-order valence-electron chi connectivity index (χ0n) is 8.93. The second-order valence-electron chi connectivity index (χ2n) is 1.68. The van der Waals surface area contributed by atoms with Crippen molar-refractivity contribution in [1.29, 1.82) is 0 Å². The van der Waals surface area contributed by atoms with Gasteiger partial charge in [-0.1, -0.05) is 6.08 Å². The first-order chi connectivity index (χ1) is 8.17. The smallest absolute Gasteiger partial charge is 0.781 e. The standard InChI is InChI=1S/C3H6O.Mo.2H4O5P2/c1-2-3-4;;2*1-6(2)5-7(3)4/h2,4H,1,3H2;;2*6-7H,(H,1,2)(H,3,4)/q;+4;;/p-4. The first-order valence-corrected chi connectivity index (χ1v) is 8.48. The van der Waals surface area contributed by atoms with Crippen molar-refractivity contribution in [2.75, 3.05) is 6.61 Å². The molecule has 19 heavy (non-hydrogen) atoms. The maximum Gasteiger partial charge on any atom is 4.00 e. The largest absolute Gasteiger partial charge is 4.00 e. The van der Waals surface area contributed by atoms with Gasteiger partial charge < -0.3 is 42.9 Å². The minimum absolute atomic E-state index is 0. The molecule has 0 aliphatic rings. The van der Waals surface area contributed by atoms with Crippen molar-refractivity contribution in [1.82, 2.24) is 0 Å². The quantitative estimate of drug-likeness (QED) is 0.261. The topological polar surface area (TPSA) is 199 Å². The molecule has 0 spiro atoms. The fourth-order valence-corrected chi connectivity index (χ4v) is 1.22. The van der Waals surface area contributed by atoms with Crippen LogP contribution in [0.25, 0.3) is 0 Å². The molecule has 0 heterocycles. The minimum Gasteiger partial charge on any atom is -0.781 e. The molecule has 16 heteroatoms. The van der Waals surface area contributed by atoms with Crippen LogP contribution in [0.15, 0.2) is 12.7 Å². The van der Waals surface area contributed by atoms with Gasteiger partial charge in [0.1, 0.15) is 33.0 Å². The van der Waals surface area contributed by atoms with Crippen molar-refractivity contribution >= 4 is 33.0 Å². The monoisotopic (exact) mass is 444 g/mol. The van der Waals surface area contributed by atoms with E-state index in [1.807, 2.05) is 0 Å². The summed E-state index contributed by atoms with van der Waals surface area (Å²) < 4.78 is 43.6. The number of rotatable bonds is 5. The summed E-state index contributed by atoms with van der Waals surface area (Å²) in [7, 11) is -14.1. The van der Waals surface area contributed by atoms with E-state index in [1.54, 1.807) is 0 Å². The van der Waals surface area contributed by atoms with Crippen LogP contribution >= 0.6 is 33.0 Å². The molecular formula is C3H10MoO11P4. The molecule has 0 radical (unpaired) electrons. The van der Waals surface area contributed by atoms with Gasteiger partial charge >= 0.3 is 21.1 Å². The van der Waals surface area contributed by atoms with Crippen LogP contribution in [-0.4, -0.2) is 11.7 Å². The number of hydrogen-bond donors (Lipinski definition) is 1. The van der Waals surface area contributed by atoms with Crippen molar-refractivity contribution in [2.24, 2.45) is 0 Å². The molecule has 0 fully saturated rings. The third-order valence-electron chi connectivity index (χ3n) is 0.462. The van der Waals surface area contributed by atoms with Crippen LogP contribution in [0.1, 0.15) is 0 Å². The minimum atomic E-state index is -3.51. The van der Waals surface area contributed by atoms with Gasteiger partial charge in [0, 0.05) is 0 Å². The fraction of sp³-hybridized carbons (Fsp3) is 0.333. The predicted octanol–water partition coefficient (Wildman–Crippen LogP) is -2.83. The Morgan fingerprint density at radius 3 is 1.05 bits per heavy atom. The van der Waals surface area contributed by atoms with Crippen LogP contribution in [0.5, 0.6) is 0 Å². The van der Waals surface area contributed by atoms with E-state index in [4.69, 9.17) is 5.11 Å². The predicted molar refractivity (Wildman–Crippen MR) is 55.5 cm³/mol. The summed E-state index contributed by atoms with van der Waals surface area (Å²) in [5, 5.41) is 7.76. The van der Waals surface area contributed by atoms with E-state index in [-0.39, 0.29) is 27.7 Å². The molecule has 0 amide bonds. The van der Waals surface area contributed by atoms with E-state index in [2.05, 4.69) is 15.2 Å². The maximum atomic E-state index is 9.29. The summed E-state index contributed by atoms with van der Waals surface area (Å²) in [6.07, 6.45) is 1.43. The van der Waals surface area contributed by atoms with Crippen molar-refractivity contribution < 1.29 is 72.6 Å². The second-order valence-corrected chi connectivity index (χ2v) is 5.31. The molecule has 0 aromatic heterocycles. The molecule has 0 aromatic carbocycles. The van der Waals surface area contributed by atoms with Crippen LogP contribution in [-0.2, 0) is 47.9 Å². The first kappa shape index (κ1) is 28.3. The summed E-state index contributed by atoms with van der Waals surface area (Å²) in [4.78, 5) is 37.1. The molecule has 0 bridgehead atoms. The van der Waals surface area contributed by atoms with E-state index in [0.717, 1.165) is 0 Å². The molecule has 11 nitrogen and oxygen atoms in total. The Hall–Kier alpha value is 1.07. The molecule has 4 atom stereocenters. The second kappa shape index (κ2) is 21.4. The van der Waals surface area contributed by atoms with Gasteiger partial charge in [0.2, 0.25) is 0 Å². The Balaban J connectivity index is -0.0000000900. The van der Waals surface area contributed by atoms with Gasteiger partial charge in [0.15, 0.2) is 0 Å². The molecular weight excluding hydrogens is 432 g/mol. The summed E-state index contributed by atoms with van der Waals surface area (Å²) in [5.41, 5.74) is 0. The van der Waals surface area contributed by atoms with Crippen molar-refractivity contribution in [3.63, 3.8) is 0 Å². The maximum absolute atomic E-state index is 9.29. The average Bonchev–Trinajstić information content (AvgIpc) is 2.14. The molecule has 0 aliphatic carbocycles. The van der Waals surface area contributed by atoms with E-state index in [0.29, 0.717) is 0 Å². The van der Waals surface area contributed by atoms with Crippen molar-refractivity contribution in [3.05, 3.63) is 12.7 Å². The zero-order chi connectivity index (χ0) is 15.1. The summed E-state index contributed by atoms with van der Waals surface area (Å²) in [6.45, 7) is 3.31. The molecule has 0 saturated heterocycles. The van der Waals surface area contributed by atoms with Crippen LogP contribution in [0.4, 0.5) is 0 Å². The van der Waals surface area contributed by atoms with Gasteiger partial charge in [-0.3, -0.25) is 8.62 Å². The molecule has 4 unspecified atom stereocenters. The number of aliphatic hydroxyl groups is 1. The Labute approximate surface area is 125 Å². The van der Waals surface area contributed by atoms with Crippen LogP contribution in [0.3, 0.4) is 0 Å². The van der Waals surface area contributed by atoms with Crippen molar-refractivity contribution in [2.45, 2.75) is 0 Å². The molecule has 114 valence electrons. The molecule has 0 aromatic rings. The molecule has 1 N–H and O–H groups in total. The van der Waals surface area contributed by atoms with Gasteiger partial charge in [0.25, 0.3) is 0 Å². The Kier molecular flexibility index (Phi) is 31.8. The fourth-order valence-electron chi connectivity index (χ4n) is 0.136. The molecule has 0 aliphatic heterocycles. The summed E-state index contributed by atoms with van der Waals surface area (Å²) >= 11 is 0. The van der Waals surface area contributed by atoms with Gasteiger partial charge in [0.05, 0.1) is 6.61 Å². The Morgan fingerprint density at radius 2 is 1.05 bits per heavy atom. The van der Waals surface area contributed by atoms with E-state index < -0.39 is 33.0 Å². The van der Waals surface area contributed by atoms with Gasteiger partial charge in [-0.2, -0.15) is 0 Å². The van der Waals surface area contributed by atoms with E-state index >= 15 is 0 Å². The van der Waals surface area contributed by atoms with Crippen LogP contribution in [0.2, 0.25) is 0 Å². The number of aliphatic hydroxyl groups excluding tert-OH is 1. The summed E-state index contributed by atoms with van der Waals surface area (Å²) in [6, 6.07) is 0. The normalized spacial score (nSPS) is 15.0. The molecule has 0 saturated carbocycles. The van der Waals surface area contributed by atoms with E-state index in [9.17, 15) is 37.8 Å². The van der Waals surface area contributed by atoms with Gasteiger partial charge in [-0.25, -0.2) is 0 Å². The van der Waals surface area contributed by atoms with Crippen LogP contribution in [0, 0.1) is 0 Å². The van der Waals surface area contributed by atoms with E-state index in [1.165, 1.54) is 6.08 Å². The van der Waals surface area contributed by atoms with Gasteiger partial charge in [-0.15, -0.1) is 6.58 Å². The number of hydrogen-bond acceptors (Lipinski definition) is 11. The first-order valence-electron chi connectivity index (χ1n) is 3.58. The summed E-state index contributed by atoms with van der Waals surface area (Å²) in [5.74, 6) is 0. The third-order valence-corrected chi connectivity index (χ3v) is 3.13. The van der Waals surface area contributed by atoms with Crippen molar-refractivity contribution in [3.8, 4) is 0 Å². The Morgan fingerprint density at radius 1 is 0.895 bits per heavy atom. The molecule has 0 rings (SSSR count). The average molecular weight is 442 g/mol. The third kappa shape index (κ3) is 54.8. The Bertz CT molecular complexity index is 256. The SMILES string of the molecule is C=CCO.O=[PH]([O-])O[PH](=O)[O-].O=[PH]([O-])O[PH](=O)[O-].[Mo+4]. The zero-order valence-corrected chi connectivity index (χ0v) is 14.9. The van der Waals surface area contributed by atoms with Gasteiger partial charge in [-0.05, 0) is 0 Å².